The van der Waals surface area contributed by atoms with Crippen LogP contribution in [0.15, 0.2) is 0 Å². The predicted octanol–water partition coefficient (Wildman–Crippen LogP) is 1.58. The number of nitrogens with zero attached hydrogens (tertiary/aromatic N) is 3. The molecule has 1 N–H and O–H groups in total. The van der Waals surface area contributed by atoms with Crippen molar-refractivity contribution in [2.75, 3.05) is 46.4 Å². The normalized spacial score (nSPS) is 20.6. The van der Waals surface area contributed by atoms with Gasteiger partial charge in [-0.1, -0.05) is 0 Å². The van der Waals surface area contributed by atoms with Gasteiger partial charge in [-0.2, -0.15) is 0 Å². The summed E-state index contributed by atoms with van der Waals surface area (Å²) in [6.07, 6.45) is 3.36. The van der Waals surface area contributed by atoms with Gasteiger partial charge in [0.2, 0.25) is 5.91 Å². The van der Waals surface area contributed by atoms with E-state index in [2.05, 4.69) is 16.8 Å². The Morgan fingerprint density at radius 3 is 2.38 bits per heavy atom. The summed E-state index contributed by atoms with van der Waals surface area (Å²) in [6.45, 7) is 9.38. The Kier molecular flexibility index (Phi) is 6.62. The Balaban J connectivity index is 1.57. The molecule has 2 amide bonds. The number of hydrogen-bond donors (Lipinski definition) is 1. The average Bonchev–Trinajstić information content (AvgIpc) is 3.01. The van der Waals surface area contributed by atoms with Crippen molar-refractivity contribution in [3.8, 4) is 0 Å². The molecule has 0 radical (unpaired) electrons. The molecule has 8 heteroatoms. The van der Waals surface area contributed by atoms with E-state index in [1.807, 2.05) is 4.90 Å². The van der Waals surface area contributed by atoms with Crippen molar-refractivity contribution in [2.24, 2.45) is 0 Å². The zero-order valence-corrected chi connectivity index (χ0v) is 17.9. The second kappa shape index (κ2) is 8.98. The molecule has 1 aromatic heterocycles. The highest BCUT2D eigenvalue weighted by atomic mass is 16.5. The van der Waals surface area contributed by atoms with Crippen molar-refractivity contribution >= 4 is 17.8 Å². The summed E-state index contributed by atoms with van der Waals surface area (Å²) in [7, 11) is 1.33. The molecule has 2 fully saturated rings. The van der Waals surface area contributed by atoms with Crippen LogP contribution in [0.1, 0.15) is 58.3 Å². The third kappa shape index (κ3) is 4.47. The lowest BCUT2D eigenvalue weighted by molar-refractivity contribution is -0.136. The molecule has 2 aliphatic rings. The lowest BCUT2D eigenvalue weighted by Crippen LogP contribution is -2.53. The van der Waals surface area contributed by atoms with Gasteiger partial charge in [0.1, 0.15) is 5.69 Å². The first-order valence-electron chi connectivity index (χ1n) is 10.4. The molecular formula is C21H32N4O4. The van der Waals surface area contributed by atoms with Gasteiger partial charge in [0.15, 0.2) is 0 Å². The number of esters is 1. The molecule has 2 aliphatic heterocycles. The van der Waals surface area contributed by atoms with Crippen LogP contribution in [-0.4, -0.2) is 89.9 Å². The van der Waals surface area contributed by atoms with E-state index in [0.29, 0.717) is 61.3 Å². The molecule has 0 spiro atoms. The maximum atomic E-state index is 13.0. The molecule has 1 aromatic rings. The lowest BCUT2D eigenvalue weighted by atomic mass is 10.0. The minimum atomic E-state index is -0.439. The standard InChI is InChI=1S/C21H32N4O4/c1-14-7-5-6-8-25(14)17(26)13-23-9-11-24(12-10-23)20(27)19-15(2)18(16(3)22-19)21(28)29-4/h14,22H,5-13H2,1-4H3. The zero-order chi connectivity index (χ0) is 21.1. The molecule has 8 nitrogen and oxygen atoms in total. The van der Waals surface area contributed by atoms with E-state index in [4.69, 9.17) is 4.74 Å². The van der Waals surface area contributed by atoms with Crippen molar-refractivity contribution in [3.63, 3.8) is 0 Å². The molecule has 0 bridgehead atoms. The van der Waals surface area contributed by atoms with Gasteiger partial charge >= 0.3 is 5.97 Å². The van der Waals surface area contributed by atoms with E-state index in [-0.39, 0.29) is 11.8 Å². The average molecular weight is 405 g/mol. The molecule has 1 unspecified atom stereocenters. The first-order chi connectivity index (χ1) is 13.8. The number of carbonyl (C=O) groups is 3. The van der Waals surface area contributed by atoms with Gasteiger partial charge in [-0.3, -0.25) is 14.5 Å². The summed E-state index contributed by atoms with van der Waals surface area (Å²) in [5, 5.41) is 0. The summed E-state index contributed by atoms with van der Waals surface area (Å²) >= 11 is 0. The van der Waals surface area contributed by atoms with Gasteiger partial charge in [-0.25, -0.2) is 4.79 Å². The third-order valence-corrected chi connectivity index (χ3v) is 6.18. The number of carbonyl (C=O) groups excluding carboxylic acids is 3. The summed E-state index contributed by atoms with van der Waals surface area (Å²) < 4.78 is 4.82. The number of rotatable bonds is 4. The quantitative estimate of drug-likeness (QED) is 0.770. The maximum absolute atomic E-state index is 13.0. The number of nitrogens with one attached hydrogen (secondary N) is 1. The van der Waals surface area contributed by atoms with Gasteiger partial charge < -0.3 is 19.5 Å². The van der Waals surface area contributed by atoms with Crippen LogP contribution in [-0.2, 0) is 9.53 Å². The minimum Gasteiger partial charge on any atom is -0.465 e. The van der Waals surface area contributed by atoms with Crippen LogP contribution in [0.4, 0.5) is 0 Å². The van der Waals surface area contributed by atoms with Gasteiger partial charge in [-0.05, 0) is 45.6 Å². The lowest BCUT2D eigenvalue weighted by Gasteiger charge is -2.38. The van der Waals surface area contributed by atoms with Crippen molar-refractivity contribution in [1.82, 2.24) is 19.7 Å². The molecule has 2 saturated heterocycles. The van der Waals surface area contributed by atoms with Gasteiger partial charge in [-0.15, -0.1) is 0 Å². The van der Waals surface area contributed by atoms with Crippen LogP contribution in [0, 0.1) is 13.8 Å². The molecule has 29 heavy (non-hydrogen) atoms. The molecule has 160 valence electrons. The number of aromatic amines is 1. The second-order valence-corrected chi connectivity index (χ2v) is 8.12. The van der Waals surface area contributed by atoms with Crippen molar-refractivity contribution < 1.29 is 19.1 Å². The topological polar surface area (TPSA) is 86.0 Å². The smallest absolute Gasteiger partial charge is 0.339 e. The largest absolute Gasteiger partial charge is 0.465 e. The number of ether oxygens (including phenoxy) is 1. The molecule has 0 saturated carbocycles. The number of piperazine rings is 1. The summed E-state index contributed by atoms with van der Waals surface area (Å²) in [5.74, 6) is -0.363. The number of aromatic nitrogens is 1. The number of likely N-dealkylation sites (tertiary alicyclic amines) is 1. The number of hydrogen-bond acceptors (Lipinski definition) is 5. The van der Waals surface area contributed by atoms with Crippen LogP contribution in [0.3, 0.4) is 0 Å². The predicted molar refractivity (Wildman–Crippen MR) is 109 cm³/mol. The van der Waals surface area contributed by atoms with Crippen LogP contribution < -0.4 is 0 Å². The van der Waals surface area contributed by atoms with Crippen molar-refractivity contribution in [1.29, 1.82) is 0 Å². The van der Waals surface area contributed by atoms with E-state index in [0.717, 1.165) is 19.4 Å². The highest BCUT2D eigenvalue weighted by molar-refractivity contribution is 6.00. The van der Waals surface area contributed by atoms with E-state index < -0.39 is 5.97 Å². The van der Waals surface area contributed by atoms with E-state index in [1.54, 1.807) is 18.7 Å². The van der Waals surface area contributed by atoms with Crippen molar-refractivity contribution in [2.45, 2.75) is 46.1 Å². The Morgan fingerprint density at radius 2 is 1.76 bits per heavy atom. The molecule has 3 rings (SSSR count). The first-order valence-corrected chi connectivity index (χ1v) is 10.4. The van der Waals surface area contributed by atoms with E-state index >= 15 is 0 Å². The maximum Gasteiger partial charge on any atom is 0.339 e. The number of methoxy groups -OCH3 is 1. The Bertz CT molecular complexity index is 780. The first kappa shape index (κ1) is 21.4. The van der Waals surface area contributed by atoms with Crippen LogP contribution in [0.2, 0.25) is 0 Å². The summed E-state index contributed by atoms with van der Waals surface area (Å²) in [4.78, 5) is 46.5. The van der Waals surface area contributed by atoms with Gasteiger partial charge in [0.25, 0.3) is 5.91 Å². The monoisotopic (exact) mass is 404 g/mol. The minimum absolute atomic E-state index is 0.114. The third-order valence-electron chi connectivity index (χ3n) is 6.18. The summed E-state index contributed by atoms with van der Waals surface area (Å²) in [6, 6.07) is 0.321. The molecule has 1 atom stereocenters. The fourth-order valence-corrected chi connectivity index (χ4v) is 4.39. The number of aryl methyl sites for hydroxylation is 1. The summed E-state index contributed by atoms with van der Waals surface area (Å²) in [5.41, 5.74) is 2.12. The molecular weight excluding hydrogens is 372 g/mol. The Morgan fingerprint density at radius 1 is 1.07 bits per heavy atom. The number of amides is 2. The SMILES string of the molecule is COC(=O)c1c(C)[nH]c(C(=O)N2CCN(CC(=O)N3CCCCC3C)CC2)c1C. The van der Waals surface area contributed by atoms with E-state index in [9.17, 15) is 14.4 Å². The fourth-order valence-electron chi connectivity index (χ4n) is 4.39. The molecule has 0 aliphatic carbocycles. The van der Waals surface area contributed by atoms with Gasteiger partial charge in [0.05, 0.1) is 19.2 Å². The highest BCUT2D eigenvalue weighted by Crippen LogP contribution is 2.21. The van der Waals surface area contributed by atoms with Gasteiger partial charge in [0, 0.05) is 44.5 Å². The van der Waals surface area contributed by atoms with E-state index in [1.165, 1.54) is 13.5 Å². The molecule has 3 heterocycles. The number of H-pyrrole nitrogens is 1. The fraction of sp³-hybridized carbons (Fsp3) is 0.667. The number of piperidine rings is 1. The van der Waals surface area contributed by atoms with Crippen LogP contribution >= 0.6 is 0 Å². The van der Waals surface area contributed by atoms with Crippen molar-refractivity contribution in [3.05, 3.63) is 22.5 Å². The van der Waals surface area contributed by atoms with Crippen LogP contribution in [0.25, 0.3) is 0 Å². The Hall–Kier alpha value is -2.35. The molecule has 0 aromatic carbocycles. The zero-order valence-electron chi connectivity index (χ0n) is 17.9. The second-order valence-electron chi connectivity index (χ2n) is 8.12. The van der Waals surface area contributed by atoms with Crippen LogP contribution in [0.5, 0.6) is 0 Å². The highest BCUT2D eigenvalue weighted by Gasteiger charge is 2.30. The Labute approximate surface area is 172 Å².